The number of amides is 1. The average Bonchev–Trinajstić information content (AvgIpc) is 2.00. The summed E-state index contributed by atoms with van der Waals surface area (Å²) < 4.78 is 0. The monoisotopic (exact) mass is 169 g/mol. The van der Waals surface area contributed by atoms with Gasteiger partial charge in [0.25, 0.3) is 0 Å². The Hall–Kier alpha value is -0.610. The molecule has 3 rings (SSSR count). The smallest absolute Gasteiger partial charge is 0.239 e. The first kappa shape index (κ1) is 8.01. The topological polar surface area (TPSA) is 58.4 Å². The van der Waals surface area contributed by atoms with Crippen LogP contribution in [-0.2, 0) is 4.79 Å². The maximum absolute atomic E-state index is 11.5. The molecule has 12 heavy (non-hydrogen) atoms. The van der Waals surface area contributed by atoms with Gasteiger partial charge in [-0.15, -0.1) is 0 Å². The molecule has 0 aromatic heterocycles. The first-order chi connectivity index (χ1) is 5.81. The third-order valence-corrected chi connectivity index (χ3v) is 2.64. The molecular weight excluding hydrogens is 154 g/mol. The molecule has 0 aromatic rings. The molecule has 0 aromatic carbocycles. The highest BCUT2D eigenvalue weighted by molar-refractivity contribution is 5.84. The van der Waals surface area contributed by atoms with Crippen molar-refractivity contribution in [3.8, 4) is 0 Å². The number of carbonyl (C=O) groups is 1. The third kappa shape index (κ3) is 1.21. The van der Waals surface area contributed by atoms with Gasteiger partial charge in [-0.25, -0.2) is 0 Å². The van der Waals surface area contributed by atoms with Gasteiger partial charge in [0.15, 0.2) is 0 Å². The molecular formula is C8H15N3O. The van der Waals surface area contributed by atoms with E-state index in [1.807, 2.05) is 4.90 Å². The van der Waals surface area contributed by atoms with Crippen LogP contribution in [0.25, 0.3) is 0 Å². The van der Waals surface area contributed by atoms with Crippen LogP contribution in [0.2, 0.25) is 0 Å². The molecule has 0 spiro atoms. The Kier molecular flexibility index (Phi) is 2.02. The normalized spacial score (nSPS) is 33.4. The number of rotatable bonds is 3. The van der Waals surface area contributed by atoms with Crippen molar-refractivity contribution in [3.63, 3.8) is 0 Å². The number of nitrogens with one attached hydrogen (secondary N) is 1. The zero-order valence-electron chi connectivity index (χ0n) is 7.12. The highest BCUT2D eigenvalue weighted by Crippen LogP contribution is 2.21. The lowest BCUT2D eigenvalue weighted by atomic mass is 9.90. The highest BCUT2D eigenvalue weighted by atomic mass is 16.2. The van der Waals surface area contributed by atoms with Crippen molar-refractivity contribution in [1.29, 1.82) is 0 Å². The number of nitrogens with two attached hydrogens (primary N) is 1. The van der Waals surface area contributed by atoms with Crippen LogP contribution in [-0.4, -0.2) is 42.5 Å². The molecule has 3 saturated heterocycles. The van der Waals surface area contributed by atoms with Crippen molar-refractivity contribution in [3.05, 3.63) is 0 Å². The number of piperazine rings is 1. The number of piperidine rings is 1. The fourth-order valence-electron chi connectivity index (χ4n) is 1.90. The van der Waals surface area contributed by atoms with E-state index in [0.717, 1.165) is 25.9 Å². The van der Waals surface area contributed by atoms with Crippen LogP contribution in [0.1, 0.15) is 12.8 Å². The van der Waals surface area contributed by atoms with Gasteiger partial charge in [-0.3, -0.25) is 4.79 Å². The van der Waals surface area contributed by atoms with Crippen molar-refractivity contribution in [2.45, 2.75) is 24.9 Å². The predicted octanol–water partition coefficient (Wildman–Crippen LogP) is -1.09. The molecule has 1 amide bonds. The minimum atomic E-state index is 0.126. The molecule has 68 valence electrons. The van der Waals surface area contributed by atoms with E-state index in [9.17, 15) is 4.79 Å². The largest absolute Gasteiger partial charge is 0.340 e. The van der Waals surface area contributed by atoms with Gasteiger partial charge < -0.3 is 16.0 Å². The zero-order valence-corrected chi connectivity index (χ0v) is 7.12. The van der Waals surface area contributed by atoms with Crippen LogP contribution in [0.4, 0.5) is 0 Å². The van der Waals surface area contributed by atoms with Crippen LogP contribution >= 0.6 is 0 Å². The lowest BCUT2D eigenvalue weighted by Gasteiger charge is -2.47. The Morgan fingerprint density at radius 3 is 3.00 bits per heavy atom. The van der Waals surface area contributed by atoms with Crippen molar-refractivity contribution in [2.75, 3.05) is 19.6 Å². The molecule has 3 N–H and O–H groups in total. The summed E-state index contributed by atoms with van der Waals surface area (Å²) in [4.78, 5) is 13.4. The molecule has 0 aliphatic carbocycles. The maximum Gasteiger partial charge on any atom is 0.239 e. The fourth-order valence-corrected chi connectivity index (χ4v) is 1.90. The summed E-state index contributed by atoms with van der Waals surface area (Å²) in [7, 11) is 0. The number of hydrogen-bond acceptors (Lipinski definition) is 3. The van der Waals surface area contributed by atoms with E-state index in [4.69, 9.17) is 5.73 Å². The quantitative estimate of drug-likeness (QED) is 0.564. The van der Waals surface area contributed by atoms with E-state index in [-0.39, 0.29) is 11.9 Å². The number of carbonyl (C=O) groups excluding carboxylic acids is 1. The Balaban J connectivity index is 1.86. The van der Waals surface area contributed by atoms with Crippen molar-refractivity contribution in [2.24, 2.45) is 5.73 Å². The van der Waals surface area contributed by atoms with Crippen LogP contribution in [0.15, 0.2) is 0 Å². The summed E-state index contributed by atoms with van der Waals surface area (Å²) in [5, 5.41) is 3.21. The Morgan fingerprint density at radius 1 is 1.67 bits per heavy atom. The lowest BCUT2D eigenvalue weighted by Crippen LogP contribution is -2.69. The number of fused-ring (bicyclic) bond motifs is 2. The van der Waals surface area contributed by atoms with Gasteiger partial charge in [-0.05, 0) is 19.4 Å². The summed E-state index contributed by atoms with van der Waals surface area (Å²) in [6.45, 7) is 2.39. The van der Waals surface area contributed by atoms with Crippen molar-refractivity contribution >= 4 is 5.91 Å². The van der Waals surface area contributed by atoms with Crippen molar-refractivity contribution < 1.29 is 4.79 Å². The van der Waals surface area contributed by atoms with Crippen LogP contribution < -0.4 is 11.1 Å². The number of nitrogens with zero attached hydrogens (tertiary/aromatic N) is 1. The van der Waals surface area contributed by atoms with Crippen molar-refractivity contribution in [1.82, 2.24) is 10.2 Å². The molecule has 4 nitrogen and oxygen atoms in total. The van der Waals surface area contributed by atoms with E-state index in [2.05, 4.69) is 5.32 Å². The van der Waals surface area contributed by atoms with Gasteiger partial charge in [-0.1, -0.05) is 0 Å². The molecule has 3 aliphatic rings. The number of hydrogen-bond donors (Lipinski definition) is 2. The lowest BCUT2D eigenvalue weighted by molar-refractivity contribution is -0.142. The van der Waals surface area contributed by atoms with Gasteiger partial charge in [0.1, 0.15) is 0 Å². The fraction of sp³-hybridized carbons (Fsp3) is 0.875. The maximum atomic E-state index is 11.5. The molecule has 0 saturated carbocycles. The molecule has 3 aliphatic heterocycles. The molecule has 2 atom stereocenters. The average molecular weight is 169 g/mol. The summed E-state index contributed by atoms with van der Waals surface area (Å²) in [6.07, 6.45) is 1.96. The summed E-state index contributed by atoms with van der Waals surface area (Å²) in [5.41, 5.74) is 5.38. The summed E-state index contributed by atoms with van der Waals surface area (Å²) in [5.74, 6) is 0.269. The standard InChI is InChI=1S/C8H15N3O/c9-2-1-3-11-5-6-4-7(10-6)8(11)12/h6-7,10H,1-5,9H2. The van der Waals surface area contributed by atoms with Gasteiger partial charge in [0.05, 0.1) is 6.04 Å². The first-order valence-electron chi connectivity index (χ1n) is 4.56. The minimum Gasteiger partial charge on any atom is -0.340 e. The highest BCUT2D eigenvalue weighted by Gasteiger charge is 2.42. The predicted molar refractivity (Wildman–Crippen MR) is 45.6 cm³/mol. The second-order valence-electron chi connectivity index (χ2n) is 3.58. The molecule has 2 unspecified atom stereocenters. The van der Waals surface area contributed by atoms with E-state index >= 15 is 0 Å². The molecule has 0 radical (unpaired) electrons. The second kappa shape index (κ2) is 3.03. The van der Waals surface area contributed by atoms with E-state index in [1.54, 1.807) is 0 Å². The van der Waals surface area contributed by atoms with Crippen LogP contribution in [0, 0.1) is 0 Å². The zero-order chi connectivity index (χ0) is 8.55. The summed E-state index contributed by atoms with van der Waals surface area (Å²) >= 11 is 0. The SMILES string of the molecule is NCCCN1CC2CC(N2)C1=O. The van der Waals surface area contributed by atoms with Gasteiger partial charge in [-0.2, -0.15) is 0 Å². The molecule has 4 heteroatoms. The van der Waals surface area contributed by atoms with E-state index < -0.39 is 0 Å². The van der Waals surface area contributed by atoms with Crippen LogP contribution in [0.5, 0.6) is 0 Å². The van der Waals surface area contributed by atoms with Crippen LogP contribution in [0.3, 0.4) is 0 Å². The molecule has 3 heterocycles. The molecule has 2 bridgehead atoms. The minimum absolute atomic E-state index is 0.126. The van der Waals surface area contributed by atoms with Gasteiger partial charge >= 0.3 is 0 Å². The molecule has 3 fully saturated rings. The van der Waals surface area contributed by atoms with E-state index in [0.29, 0.717) is 12.6 Å². The Labute approximate surface area is 72.1 Å². The second-order valence-corrected chi connectivity index (χ2v) is 3.58. The Morgan fingerprint density at radius 2 is 2.42 bits per heavy atom. The third-order valence-electron chi connectivity index (χ3n) is 2.64. The Bertz CT molecular complexity index is 189. The summed E-state index contributed by atoms with van der Waals surface area (Å²) in [6, 6.07) is 0.687. The van der Waals surface area contributed by atoms with Gasteiger partial charge in [0, 0.05) is 19.1 Å². The first-order valence-corrected chi connectivity index (χ1v) is 4.56. The van der Waals surface area contributed by atoms with E-state index in [1.165, 1.54) is 0 Å². The van der Waals surface area contributed by atoms with Gasteiger partial charge in [0.2, 0.25) is 5.91 Å².